The second-order valence-electron chi connectivity index (χ2n) is 10.7. The standard InChI is InChI=1S/C28H34N2O4.2C2H6/c1-17-2-4-18(5-3-17)19-8-10-28(11-9-19)16-25(31)24-7-6-23(15-26(24)34-28)33-27(32)20-12-21(29)14-22(30)13-20;2*1-2/h6-7,12-15,17-19H,2-5,8-11,16,29-30H2,1H3;2*1-2H3. The summed E-state index contributed by atoms with van der Waals surface area (Å²) in [7, 11) is 0. The predicted molar refractivity (Wildman–Crippen MR) is 155 cm³/mol. The van der Waals surface area contributed by atoms with Gasteiger partial charge in [-0.25, -0.2) is 4.79 Å². The minimum Gasteiger partial charge on any atom is -0.486 e. The zero-order valence-electron chi connectivity index (χ0n) is 23.8. The van der Waals surface area contributed by atoms with Crippen molar-refractivity contribution in [2.45, 2.75) is 98.0 Å². The molecule has 38 heavy (non-hydrogen) atoms. The van der Waals surface area contributed by atoms with Crippen molar-refractivity contribution >= 4 is 23.1 Å². The van der Waals surface area contributed by atoms with E-state index in [1.807, 2.05) is 27.7 Å². The molecule has 3 aliphatic rings. The topological polar surface area (TPSA) is 105 Å². The number of carbonyl (C=O) groups excluding carboxylic acids is 2. The predicted octanol–water partition coefficient (Wildman–Crippen LogP) is 7.84. The van der Waals surface area contributed by atoms with Crippen molar-refractivity contribution in [1.82, 2.24) is 0 Å². The van der Waals surface area contributed by atoms with Crippen LogP contribution in [0.15, 0.2) is 36.4 Å². The van der Waals surface area contributed by atoms with Gasteiger partial charge in [-0.2, -0.15) is 0 Å². The van der Waals surface area contributed by atoms with E-state index in [4.69, 9.17) is 20.9 Å². The molecule has 208 valence electrons. The summed E-state index contributed by atoms with van der Waals surface area (Å²) in [5, 5.41) is 0. The van der Waals surface area contributed by atoms with Crippen molar-refractivity contribution in [2.24, 2.45) is 17.8 Å². The van der Waals surface area contributed by atoms with Crippen LogP contribution >= 0.6 is 0 Å². The van der Waals surface area contributed by atoms with Gasteiger partial charge in [0.1, 0.15) is 17.1 Å². The minimum atomic E-state index is -0.557. The smallest absolute Gasteiger partial charge is 0.343 e. The summed E-state index contributed by atoms with van der Waals surface area (Å²) in [5.41, 5.74) is 12.8. The summed E-state index contributed by atoms with van der Waals surface area (Å²) in [6.45, 7) is 10.4. The van der Waals surface area contributed by atoms with Gasteiger partial charge in [0.2, 0.25) is 0 Å². The molecule has 0 saturated heterocycles. The molecule has 2 saturated carbocycles. The largest absolute Gasteiger partial charge is 0.486 e. The summed E-state index contributed by atoms with van der Waals surface area (Å²) in [4.78, 5) is 25.6. The lowest BCUT2D eigenvalue weighted by Gasteiger charge is -2.45. The molecule has 1 spiro atoms. The molecule has 2 aliphatic carbocycles. The van der Waals surface area contributed by atoms with Crippen LogP contribution in [0.1, 0.15) is 113 Å². The number of rotatable bonds is 3. The SMILES string of the molecule is CC.CC.CC1CCC(C2CCC3(CC2)CC(=O)c2ccc(OC(=O)c4cc(N)cc(N)c4)cc2O3)CC1. The van der Waals surface area contributed by atoms with E-state index < -0.39 is 11.6 Å². The van der Waals surface area contributed by atoms with E-state index in [0.29, 0.717) is 34.9 Å². The number of ketones is 1. The molecule has 6 nitrogen and oxygen atoms in total. The first-order chi connectivity index (χ1) is 18.3. The molecule has 1 aliphatic heterocycles. The first kappa shape index (κ1) is 29.5. The highest BCUT2D eigenvalue weighted by molar-refractivity contribution is 6.01. The van der Waals surface area contributed by atoms with Crippen LogP contribution in [0.4, 0.5) is 11.4 Å². The highest BCUT2D eigenvalue weighted by atomic mass is 16.5. The molecule has 0 amide bonds. The molecule has 2 aromatic rings. The van der Waals surface area contributed by atoms with Gasteiger partial charge in [0.25, 0.3) is 0 Å². The van der Waals surface area contributed by atoms with Crippen LogP contribution in [0.25, 0.3) is 0 Å². The number of Topliss-reactive ketones (excluding diaryl/α,β-unsaturated/α-hetero) is 1. The van der Waals surface area contributed by atoms with Gasteiger partial charge >= 0.3 is 5.97 Å². The Balaban J connectivity index is 0.000000956. The number of hydrogen-bond acceptors (Lipinski definition) is 6. The maximum atomic E-state index is 13.0. The maximum Gasteiger partial charge on any atom is 0.343 e. The van der Waals surface area contributed by atoms with Gasteiger partial charge in [0.05, 0.1) is 17.5 Å². The normalized spacial score (nSPS) is 26.0. The van der Waals surface area contributed by atoms with E-state index in [-0.39, 0.29) is 11.3 Å². The van der Waals surface area contributed by atoms with Crippen molar-refractivity contribution in [3.63, 3.8) is 0 Å². The summed E-state index contributed by atoms with van der Waals surface area (Å²) >= 11 is 0. The maximum absolute atomic E-state index is 13.0. The second kappa shape index (κ2) is 13.2. The summed E-state index contributed by atoms with van der Waals surface area (Å²) in [6.07, 6.45) is 9.85. The monoisotopic (exact) mass is 522 g/mol. The summed E-state index contributed by atoms with van der Waals surface area (Å²) in [5.74, 6) is 2.83. The molecule has 0 aromatic heterocycles. The van der Waals surface area contributed by atoms with Gasteiger partial charge in [0.15, 0.2) is 5.78 Å². The van der Waals surface area contributed by atoms with Gasteiger partial charge < -0.3 is 20.9 Å². The van der Waals surface area contributed by atoms with Crippen molar-refractivity contribution in [1.29, 1.82) is 0 Å². The quantitative estimate of drug-likeness (QED) is 0.242. The number of anilines is 2. The zero-order valence-corrected chi connectivity index (χ0v) is 23.8. The van der Waals surface area contributed by atoms with E-state index in [9.17, 15) is 9.59 Å². The second-order valence-corrected chi connectivity index (χ2v) is 10.7. The molecule has 0 radical (unpaired) electrons. The highest BCUT2D eigenvalue weighted by Gasteiger charge is 2.44. The number of fused-ring (bicyclic) bond motifs is 1. The van der Waals surface area contributed by atoms with Crippen LogP contribution in [-0.2, 0) is 0 Å². The molecular weight excluding hydrogens is 476 g/mol. The van der Waals surface area contributed by atoms with Crippen LogP contribution in [0.2, 0.25) is 0 Å². The zero-order chi connectivity index (χ0) is 27.9. The Morgan fingerprint density at radius 2 is 1.45 bits per heavy atom. The molecule has 1 heterocycles. The molecule has 2 fully saturated rings. The van der Waals surface area contributed by atoms with E-state index in [0.717, 1.165) is 43.4 Å². The van der Waals surface area contributed by atoms with E-state index in [2.05, 4.69) is 6.92 Å². The lowest BCUT2D eigenvalue weighted by molar-refractivity contribution is -0.00913. The molecule has 6 heteroatoms. The summed E-state index contributed by atoms with van der Waals surface area (Å²) in [6, 6.07) is 9.62. The Morgan fingerprint density at radius 1 is 0.868 bits per heavy atom. The number of benzene rings is 2. The fourth-order valence-corrected chi connectivity index (χ4v) is 6.17. The van der Waals surface area contributed by atoms with Crippen LogP contribution in [-0.4, -0.2) is 17.4 Å². The number of carbonyl (C=O) groups is 2. The fraction of sp³-hybridized carbons (Fsp3) is 0.562. The van der Waals surface area contributed by atoms with Crippen molar-refractivity contribution in [3.05, 3.63) is 47.5 Å². The van der Waals surface area contributed by atoms with E-state index in [1.54, 1.807) is 24.3 Å². The molecule has 5 rings (SSSR count). The average Bonchev–Trinajstić information content (AvgIpc) is 2.91. The van der Waals surface area contributed by atoms with Crippen LogP contribution in [0.3, 0.4) is 0 Å². The van der Waals surface area contributed by atoms with Crippen molar-refractivity contribution in [2.75, 3.05) is 11.5 Å². The molecular formula is C32H46N2O4. The Morgan fingerprint density at radius 3 is 2.05 bits per heavy atom. The van der Waals surface area contributed by atoms with E-state index in [1.165, 1.54) is 37.8 Å². The molecule has 0 bridgehead atoms. The third-order valence-corrected chi connectivity index (χ3v) is 8.16. The van der Waals surface area contributed by atoms with Crippen molar-refractivity contribution < 1.29 is 19.1 Å². The third-order valence-electron chi connectivity index (χ3n) is 8.16. The van der Waals surface area contributed by atoms with Crippen LogP contribution < -0.4 is 20.9 Å². The Hall–Kier alpha value is -3.02. The Bertz CT molecular complexity index is 1080. The minimum absolute atomic E-state index is 0.104. The number of nitrogens with two attached hydrogens (primary N) is 2. The number of nitrogen functional groups attached to an aromatic ring is 2. The molecule has 2 aromatic carbocycles. The van der Waals surface area contributed by atoms with E-state index >= 15 is 0 Å². The number of ether oxygens (including phenoxy) is 2. The average molecular weight is 523 g/mol. The van der Waals surface area contributed by atoms with Gasteiger partial charge in [-0.15, -0.1) is 0 Å². The lowest BCUT2D eigenvalue weighted by Crippen LogP contribution is -2.45. The molecule has 4 N–H and O–H groups in total. The van der Waals surface area contributed by atoms with Gasteiger partial charge in [-0.1, -0.05) is 47.5 Å². The van der Waals surface area contributed by atoms with Gasteiger partial charge in [0, 0.05) is 17.4 Å². The Labute approximate surface area is 228 Å². The first-order valence-corrected chi connectivity index (χ1v) is 14.5. The highest BCUT2D eigenvalue weighted by Crippen LogP contribution is 2.48. The van der Waals surface area contributed by atoms with Gasteiger partial charge in [-0.3, -0.25) is 4.79 Å². The number of esters is 1. The molecule has 0 unspecified atom stereocenters. The first-order valence-electron chi connectivity index (χ1n) is 14.5. The van der Waals surface area contributed by atoms with Crippen molar-refractivity contribution in [3.8, 4) is 11.5 Å². The fourth-order valence-electron chi connectivity index (χ4n) is 6.17. The molecule has 0 atom stereocenters. The third kappa shape index (κ3) is 6.89. The lowest BCUT2D eigenvalue weighted by atomic mass is 9.67. The van der Waals surface area contributed by atoms with Crippen LogP contribution in [0.5, 0.6) is 11.5 Å². The van der Waals surface area contributed by atoms with Gasteiger partial charge in [-0.05, 0) is 86.6 Å². The van der Waals surface area contributed by atoms with Crippen LogP contribution in [0, 0.1) is 17.8 Å². The number of hydrogen-bond donors (Lipinski definition) is 2. The summed E-state index contributed by atoms with van der Waals surface area (Å²) < 4.78 is 12.0. The Kier molecular flexibility index (Phi) is 10.2.